The van der Waals surface area contributed by atoms with Crippen molar-refractivity contribution >= 4 is 11.7 Å². The van der Waals surface area contributed by atoms with E-state index in [0.29, 0.717) is 0 Å². The molecule has 114 valence electrons. The Balaban J connectivity index is 2.07. The molecule has 0 bridgehead atoms. The van der Waals surface area contributed by atoms with E-state index in [-0.39, 0.29) is 11.9 Å². The minimum atomic E-state index is -0.353. The Bertz CT molecular complexity index is 613. The van der Waals surface area contributed by atoms with Crippen LogP contribution in [-0.2, 0) is 11.3 Å². The molecule has 0 aliphatic carbocycles. The van der Waals surface area contributed by atoms with Crippen molar-refractivity contribution in [3.8, 4) is 0 Å². The van der Waals surface area contributed by atoms with Gasteiger partial charge in [-0.05, 0) is 33.3 Å². The lowest BCUT2D eigenvalue weighted by atomic mass is 10.3. The molecule has 0 aromatic carbocycles. The molecule has 1 unspecified atom stereocenters. The molecular formula is C15H23N5O. The molecule has 2 aromatic heterocycles. The maximum atomic E-state index is 12.4. The van der Waals surface area contributed by atoms with Crippen LogP contribution >= 0.6 is 0 Å². The van der Waals surface area contributed by atoms with Crippen molar-refractivity contribution in [2.24, 2.45) is 0 Å². The van der Waals surface area contributed by atoms with Crippen molar-refractivity contribution in [3.05, 3.63) is 29.7 Å². The van der Waals surface area contributed by atoms with Gasteiger partial charge in [0.05, 0.1) is 11.9 Å². The molecule has 1 atom stereocenters. The van der Waals surface area contributed by atoms with Crippen molar-refractivity contribution < 1.29 is 4.79 Å². The maximum Gasteiger partial charge on any atom is 0.250 e. The number of unbranched alkanes of at least 4 members (excludes halogenated alkanes) is 1. The standard InChI is InChI=1S/C15H23N5O/c1-5-6-9-19-14(7-8-16-19)17-15(21)13(4)20-12(3)10-11(2)18-20/h7-8,10,13H,5-6,9H2,1-4H3,(H,17,21). The summed E-state index contributed by atoms with van der Waals surface area (Å²) < 4.78 is 3.58. The third-order valence-corrected chi connectivity index (χ3v) is 3.48. The highest BCUT2D eigenvalue weighted by Crippen LogP contribution is 2.14. The number of anilines is 1. The van der Waals surface area contributed by atoms with Crippen LogP contribution in [0.2, 0.25) is 0 Å². The summed E-state index contributed by atoms with van der Waals surface area (Å²) >= 11 is 0. The molecule has 2 aromatic rings. The summed E-state index contributed by atoms with van der Waals surface area (Å²) in [5.74, 6) is 0.654. The van der Waals surface area contributed by atoms with Gasteiger partial charge in [0.15, 0.2) is 0 Å². The van der Waals surface area contributed by atoms with Gasteiger partial charge in [-0.15, -0.1) is 0 Å². The maximum absolute atomic E-state index is 12.4. The van der Waals surface area contributed by atoms with Gasteiger partial charge in [0, 0.05) is 18.3 Å². The van der Waals surface area contributed by atoms with E-state index in [0.717, 1.165) is 36.6 Å². The average Bonchev–Trinajstić information content (AvgIpc) is 3.01. The lowest BCUT2D eigenvalue weighted by Gasteiger charge is -2.15. The second kappa shape index (κ2) is 6.56. The van der Waals surface area contributed by atoms with Crippen LogP contribution in [0.15, 0.2) is 18.3 Å². The van der Waals surface area contributed by atoms with E-state index >= 15 is 0 Å². The first-order valence-electron chi connectivity index (χ1n) is 7.38. The smallest absolute Gasteiger partial charge is 0.250 e. The zero-order valence-electron chi connectivity index (χ0n) is 13.1. The van der Waals surface area contributed by atoms with Crippen molar-refractivity contribution in [2.75, 3.05) is 5.32 Å². The van der Waals surface area contributed by atoms with Crippen LogP contribution in [0.25, 0.3) is 0 Å². The molecule has 1 N–H and O–H groups in total. The summed E-state index contributed by atoms with van der Waals surface area (Å²) in [6, 6.07) is 3.43. The fraction of sp³-hybridized carbons (Fsp3) is 0.533. The molecule has 6 heteroatoms. The van der Waals surface area contributed by atoms with Crippen molar-refractivity contribution in [3.63, 3.8) is 0 Å². The summed E-state index contributed by atoms with van der Waals surface area (Å²) in [7, 11) is 0. The van der Waals surface area contributed by atoms with Gasteiger partial charge >= 0.3 is 0 Å². The molecule has 0 aliphatic heterocycles. The first-order valence-corrected chi connectivity index (χ1v) is 7.38. The van der Waals surface area contributed by atoms with E-state index < -0.39 is 0 Å². The van der Waals surface area contributed by atoms with E-state index in [1.165, 1.54) is 0 Å². The molecule has 0 aliphatic rings. The van der Waals surface area contributed by atoms with E-state index in [1.54, 1.807) is 10.9 Å². The van der Waals surface area contributed by atoms with Gasteiger partial charge in [-0.25, -0.2) is 4.68 Å². The summed E-state index contributed by atoms with van der Waals surface area (Å²) in [4.78, 5) is 12.4. The van der Waals surface area contributed by atoms with Gasteiger partial charge in [-0.3, -0.25) is 9.48 Å². The number of nitrogens with one attached hydrogen (secondary N) is 1. The van der Waals surface area contributed by atoms with Crippen LogP contribution in [-0.4, -0.2) is 25.5 Å². The highest BCUT2D eigenvalue weighted by atomic mass is 16.2. The lowest BCUT2D eigenvalue weighted by Crippen LogP contribution is -2.26. The fourth-order valence-electron chi connectivity index (χ4n) is 2.30. The van der Waals surface area contributed by atoms with E-state index in [2.05, 4.69) is 22.4 Å². The number of aryl methyl sites for hydroxylation is 3. The summed E-state index contributed by atoms with van der Waals surface area (Å²) in [5.41, 5.74) is 1.90. The molecule has 0 spiro atoms. The van der Waals surface area contributed by atoms with Crippen molar-refractivity contribution in [1.29, 1.82) is 0 Å². The molecule has 2 rings (SSSR count). The molecule has 6 nitrogen and oxygen atoms in total. The number of carbonyl (C=O) groups is 1. The largest absolute Gasteiger partial charge is 0.309 e. The second-order valence-corrected chi connectivity index (χ2v) is 5.33. The molecule has 1 amide bonds. The van der Waals surface area contributed by atoms with Gasteiger partial charge in [-0.1, -0.05) is 13.3 Å². The van der Waals surface area contributed by atoms with Crippen LogP contribution in [0.1, 0.15) is 44.1 Å². The van der Waals surface area contributed by atoms with Gasteiger partial charge in [0.2, 0.25) is 5.91 Å². The number of hydrogen-bond donors (Lipinski definition) is 1. The molecule has 0 fully saturated rings. The van der Waals surface area contributed by atoms with Gasteiger partial charge < -0.3 is 5.32 Å². The van der Waals surface area contributed by atoms with E-state index in [9.17, 15) is 4.79 Å². The van der Waals surface area contributed by atoms with Crippen LogP contribution < -0.4 is 5.32 Å². The van der Waals surface area contributed by atoms with E-state index in [1.807, 2.05) is 37.6 Å². The minimum Gasteiger partial charge on any atom is -0.309 e. The summed E-state index contributed by atoms with van der Waals surface area (Å²) in [5, 5.41) is 11.5. The number of hydrogen-bond acceptors (Lipinski definition) is 3. The number of nitrogens with zero attached hydrogens (tertiary/aromatic N) is 4. The highest BCUT2D eigenvalue weighted by Gasteiger charge is 2.19. The Morgan fingerprint density at radius 3 is 2.81 bits per heavy atom. The first-order chi connectivity index (χ1) is 10.0. The predicted octanol–water partition coefficient (Wildman–Crippen LogP) is 2.70. The topological polar surface area (TPSA) is 64.7 Å². The molecule has 0 radical (unpaired) electrons. The highest BCUT2D eigenvalue weighted by molar-refractivity contribution is 5.92. The number of amides is 1. The van der Waals surface area contributed by atoms with Crippen LogP contribution in [0.4, 0.5) is 5.82 Å². The Hall–Kier alpha value is -2.11. The fourth-order valence-corrected chi connectivity index (χ4v) is 2.30. The third-order valence-electron chi connectivity index (χ3n) is 3.48. The SMILES string of the molecule is CCCCn1nccc1NC(=O)C(C)n1nc(C)cc1C. The van der Waals surface area contributed by atoms with Crippen LogP contribution in [0.3, 0.4) is 0 Å². The predicted molar refractivity (Wildman–Crippen MR) is 82.2 cm³/mol. The molecule has 21 heavy (non-hydrogen) atoms. The minimum absolute atomic E-state index is 0.0838. The number of rotatable bonds is 6. The Labute approximate surface area is 125 Å². The quantitative estimate of drug-likeness (QED) is 0.889. The third kappa shape index (κ3) is 3.51. The van der Waals surface area contributed by atoms with Gasteiger partial charge in [0.25, 0.3) is 0 Å². The monoisotopic (exact) mass is 289 g/mol. The summed E-state index contributed by atoms with van der Waals surface area (Å²) in [6.45, 7) is 8.67. The van der Waals surface area contributed by atoms with Crippen molar-refractivity contribution in [2.45, 2.75) is 53.1 Å². The first kappa shape index (κ1) is 15.3. The number of aromatic nitrogens is 4. The molecule has 2 heterocycles. The zero-order chi connectivity index (χ0) is 15.4. The van der Waals surface area contributed by atoms with Gasteiger partial charge in [-0.2, -0.15) is 10.2 Å². The normalized spacial score (nSPS) is 12.4. The molecular weight excluding hydrogens is 266 g/mol. The second-order valence-electron chi connectivity index (χ2n) is 5.33. The van der Waals surface area contributed by atoms with Gasteiger partial charge in [0.1, 0.15) is 11.9 Å². The molecule has 0 saturated heterocycles. The summed E-state index contributed by atoms with van der Waals surface area (Å²) in [6.07, 6.45) is 3.84. The number of carbonyl (C=O) groups excluding carboxylic acids is 1. The zero-order valence-corrected chi connectivity index (χ0v) is 13.1. The lowest BCUT2D eigenvalue weighted by molar-refractivity contribution is -0.119. The Morgan fingerprint density at radius 1 is 1.43 bits per heavy atom. The van der Waals surface area contributed by atoms with Crippen molar-refractivity contribution in [1.82, 2.24) is 19.6 Å². The Morgan fingerprint density at radius 2 is 2.19 bits per heavy atom. The molecule has 0 saturated carbocycles. The Kier molecular flexibility index (Phi) is 4.77. The van der Waals surface area contributed by atoms with Crippen LogP contribution in [0, 0.1) is 13.8 Å². The van der Waals surface area contributed by atoms with Crippen LogP contribution in [0.5, 0.6) is 0 Å². The average molecular weight is 289 g/mol. The van der Waals surface area contributed by atoms with E-state index in [4.69, 9.17) is 0 Å².